The van der Waals surface area contributed by atoms with Crippen LogP contribution in [0.5, 0.6) is 0 Å². The van der Waals surface area contributed by atoms with E-state index < -0.39 is 0 Å². The van der Waals surface area contributed by atoms with Gasteiger partial charge in [0.15, 0.2) is 0 Å². The summed E-state index contributed by atoms with van der Waals surface area (Å²) in [5, 5.41) is 3.50. The summed E-state index contributed by atoms with van der Waals surface area (Å²) in [4.78, 5) is 4.34. The Hall–Kier alpha value is -0.730. The maximum Gasteiger partial charge on any atom is 0.285 e. The minimum absolute atomic E-state index is 0.585. The number of nitrogens with one attached hydrogen (secondary N) is 1. The third-order valence-corrected chi connectivity index (χ3v) is 4.02. The van der Waals surface area contributed by atoms with Crippen molar-refractivity contribution in [3.8, 4) is 0 Å². The largest absolute Gasteiger partial charge is 0.463 e. The van der Waals surface area contributed by atoms with E-state index in [4.69, 9.17) is 4.74 Å². The fourth-order valence-electron chi connectivity index (χ4n) is 2.90. The van der Waals surface area contributed by atoms with Crippen molar-refractivity contribution >= 4 is 6.02 Å². The zero-order valence-corrected chi connectivity index (χ0v) is 11.6. The molecule has 1 fully saturated rings. The first-order chi connectivity index (χ1) is 8.95. The molecule has 0 saturated heterocycles. The molecule has 0 unspecified atom stereocenters. The molecule has 0 aromatic rings. The second kappa shape index (κ2) is 8.39. The Morgan fingerprint density at radius 2 is 1.39 bits per heavy atom. The van der Waals surface area contributed by atoms with Gasteiger partial charge in [-0.05, 0) is 12.8 Å². The van der Waals surface area contributed by atoms with Crippen molar-refractivity contribution in [2.45, 2.75) is 76.7 Å². The molecule has 0 amide bonds. The molecule has 1 aliphatic carbocycles. The van der Waals surface area contributed by atoms with Crippen molar-refractivity contribution < 1.29 is 4.74 Å². The van der Waals surface area contributed by atoms with Crippen molar-refractivity contribution in [3.63, 3.8) is 0 Å². The molecule has 3 heteroatoms. The van der Waals surface area contributed by atoms with Crippen LogP contribution in [0, 0.1) is 0 Å². The molecular formula is C15H28N2O. The van der Waals surface area contributed by atoms with Gasteiger partial charge in [0.05, 0.1) is 6.54 Å². The number of aliphatic imine (C=N–C) groups is 1. The summed E-state index contributed by atoms with van der Waals surface area (Å²) in [6.07, 6.45) is 15.2. The lowest BCUT2D eigenvalue weighted by atomic mass is 9.98. The maximum atomic E-state index is 5.47. The minimum Gasteiger partial charge on any atom is -0.463 e. The number of hydrogen-bond donors (Lipinski definition) is 1. The van der Waals surface area contributed by atoms with Crippen molar-refractivity contribution in [2.24, 2.45) is 4.99 Å². The van der Waals surface area contributed by atoms with Crippen LogP contribution in [0.15, 0.2) is 4.99 Å². The van der Waals surface area contributed by atoms with Gasteiger partial charge in [-0.2, -0.15) is 0 Å². The van der Waals surface area contributed by atoms with E-state index in [0.717, 1.165) is 19.2 Å². The summed E-state index contributed by atoms with van der Waals surface area (Å²) in [6, 6.07) is 1.38. The van der Waals surface area contributed by atoms with E-state index in [2.05, 4.69) is 10.3 Å². The molecule has 0 spiro atoms. The summed E-state index contributed by atoms with van der Waals surface area (Å²) in [5.74, 6) is 0. The fourth-order valence-corrected chi connectivity index (χ4v) is 2.90. The predicted molar refractivity (Wildman–Crippen MR) is 76.0 cm³/mol. The van der Waals surface area contributed by atoms with Crippen LogP contribution in [-0.4, -0.2) is 25.2 Å². The highest BCUT2D eigenvalue weighted by Gasteiger charge is 2.14. The monoisotopic (exact) mass is 252 g/mol. The molecular weight excluding hydrogens is 224 g/mol. The molecule has 1 saturated carbocycles. The molecule has 1 heterocycles. The van der Waals surface area contributed by atoms with Crippen molar-refractivity contribution in [3.05, 3.63) is 0 Å². The topological polar surface area (TPSA) is 33.6 Å². The molecule has 0 radical (unpaired) electrons. The van der Waals surface area contributed by atoms with E-state index in [-0.39, 0.29) is 0 Å². The molecule has 1 aliphatic heterocycles. The summed E-state index contributed by atoms with van der Waals surface area (Å²) < 4.78 is 5.47. The Bertz CT molecular complexity index is 241. The van der Waals surface area contributed by atoms with Crippen LogP contribution in [0.2, 0.25) is 0 Å². The molecule has 2 aliphatic rings. The van der Waals surface area contributed by atoms with Gasteiger partial charge in [-0.15, -0.1) is 0 Å². The Morgan fingerprint density at radius 3 is 1.89 bits per heavy atom. The summed E-state index contributed by atoms with van der Waals surface area (Å²) in [6.45, 7) is 1.59. The van der Waals surface area contributed by atoms with Crippen LogP contribution in [0.3, 0.4) is 0 Å². The molecule has 2 rings (SSSR count). The highest BCUT2D eigenvalue weighted by Crippen LogP contribution is 2.17. The summed E-state index contributed by atoms with van der Waals surface area (Å²) in [5.41, 5.74) is 0. The zero-order valence-electron chi connectivity index (χ0n) is 11.6. The average Bonchev–Trinajstić information content (AvgIpc) is 2.85. The van der Waals surface area contributed by atoms with E-state index in [1.165, 1.54) is 70.6 Å². The lowest BCUT2D eigenvalue weighted by Gasteiger charge is -2.19. The summed E-state index contributed by atoms with van der Waals surface area (Å²) in [7, 11) is 0. The number of hydrogen-bond acceptors (Lipinski definition) is 3. The van der Waals surface area contributed by atoms with Crippen LogP contribution in [0.1, 0.15) is 70.6 Å². The molecule has 18 heavy (non-hydrogen) atoms. The third-order valence-electron chi connectivity index (χ3n) is 4.02. The fraction of sp³-hybridized carbons (Fsp3) is 0.933. The van der Waals surface area contributed by atoms with Crippen LogP contribution in [-0.2, 0) is 4.74 Å². The highest BCUT2D eigenvalue weighted by atomic mass is 16.5. The third kappa shape index (κ3) is 5.28. The maximum absolute atomic E-state index is 5.47. The normalized spacial score (nSPS) is 24.6. The second-order valence-electron chi connectivity index (χ2n) is 5.64. The van der Waals surface area contributed by atoms with Gasteiger partial charge < -0.3 is 10.1 Å². The molecule has 1 N–H and O–H groups in total. The van der Waals surface area contributed by atoms with E-state index in [1.807, 2.05) is 0 Å². The van der Waals surface area contributed by atoms with Crippen molar-refractivity contribution in [1.29, 1.82) is 0 Å². The quantitative estimate of drug-likeness (QED) is 0.773. The van der Waals surface area contributed by atoms with E-state index in [9.17, 15) is 0 Å². The Balaban J connectivity index is 1.73. The minimum atomic E-state index is 0.585. The van der Waals surface area contributed by atoms with Gasteiger partial charge in [-0.25, -0.2) is 4.99 Å². The second-order valence-corrected chi connectivity index (χ2v) is 5.64. The van der Waals surface area contributed by atoms with Crippen molar-refractivity contribution in [2.75, 3.05) is 13.2 Å². The number of nitrogens with zero attached hydrogens (tertiary/aromatic N) is 1. The average molecular weight is 252 g/mol. The van der Waals surface area contributed by atoms with E-state index in [0.29, 0.717) is 6.04 Å². The van der Waals surface area contributed by atoms with Crippen LogP contribution in [0.25, 0.3) is 0 Å². The smallest absolute Gasteiger partial charge is 0.285 e. The highest BCUT2D eigenvalue weighted by molar-refractivity contribution is 5.75. The number of ether oxygens (including phenoxy) is 1. The molecule has 0 aromatic carbocycles. The molecule has 104 valence electrons. The van der Waals surface area contributed by atoms with Crippen LogP contribution in [0.4, 0.5) is 0 Å². The molecule has 0 aromatic heterocycles. The Kier molecular flexibility index (Phi) is 6.38. The first kappa shape index (κ1) is 13.7. The summed E-state index contributed by atoms with van der Waals surface area (Å²) >= 11 is 0. The lowest BCUT2D eigenvalue weighted by molar-refractivity contribution is 0.317. The lowest BCUT2D eigenvalue weighted by Crippen LogP contribution is -2.35. The van der Waals surface area contributed by atoms with Crippen LogP contribution < -0.4 is 5.32 Å². The van der Waals surface area contributed by atoms with Gasteiger partial charge in [0, 0.05) is 6.04 Å². The first-order valence-corrected chi connectivity index (χ1v) is 7.89. The van der Waals surface area contributed by atoms with E-state index in [1.54, 1.807) is 0 Å². The predicted octanol–water partition coefficient (Wildman–Crippen LogP) is 3.64. The standard InChI is InChI=1S/C15H28N2O/c1-2-4-6-8-10-14(11-9-7-5-3-1)17-15-16-12-13-18-15/h14H,1-13H2,(H,16,17). The number of rotatable bonds is 1. The SMILES string of the molecule is C1CCCCCC(NC2=NCCO2)CCCCC1. The molecule has 3 nitrogen and oxygen atoms in total. The van der Waals surface area contributed by atoms with Gasteiger partial charge in [-0.3, -0.25) is 0 Å². The van der Waals surface area contributed by atoms with E-state index >= 15 is 0 Å². The zero-order chi connectivity index (χ0) is 12.5. The molecule has 0 bridgehead atoms. The van der Waals surface area contributed by atoms with Crippen molar-refractivity contribution in [1.82, 2.24) is 5.32 Å². The van der Waals surface area contributed by atoms with Gasteiger partial charge in [0.2, 0.25) is 0 Å². The van der Waals surface area contributed by atoms with Gasteiger partial charge >= 0.3 is 0 Å². The van der Waals surface area contributed by atoms with Crippen LogP contribution >= 0.6 is 0 Å². The number of amidine groups is 1. The molecule has 0 atom stereocenters. The van der Waals surface area contributed by atoms with Gasteiger partial charge in [0.1, 0.15) is 6.61 Å². The first-order valence-electron chi connectivity index (χ1n) is 7.89. The van der Waals surface area contributed by atoms with Gasteiger partial charge in [0.25, 0.3) is 6.02 Å². The van der Waals surface area contributed by atoms with Gasteiger partial charge in [-0.1, -0.05) is 57.8 Å². The Labute approximate surface area is 111 Å². The Morgan fingerprint density at radius 1 is 0.833 bits per heavy atom.